The molecule has 0 unspecified atom stereocenters. The lowest BCUT2D eigenvalue weighted by Crippen LogP contribution is -2.34. The van der Waals surface area contributed by atoms with Crippen LogP contribution in [-0.2, 0) is 6.42 Å². The summed E-state index contributed by atoms with van der Waals surface area (Å²) in [7, 11) is 0. The molecule has 1 heterocycles. The predicted molar refractivity (Wildman–Crippen MR) is 113 cm³/mol. The van der Waals surface area contributed by atoms with E-state index in [-0.39, 0.29) is 0 Å². The van der Waals surface area contributed by atoms with Gasteiger partial charge in [-0.15, -0.1) is 0 Å². The zero-order valence-corrected chi connectivity index (χ0v) is 16.3. The summed E-state index contributed by atoms with van der Waals surface area (Å²) in [6.07, 6.45) is 2.18. The van der Waals surface area contributed by atoms with Crippen LogP contribution >= 0.6 is 12.2 Å². The molecule has 2 aromatic rings. The third-order valence-electron chi connectivity index (χ3n) is 4.61. The van der Waals surface area contributed by atoms with E-state index in [0.29, 0.717) is 17.8 Å². The standard InChI is InChI=1S/C21H27N3OS/c1-3-25-19-10-6-9-18(15-19)23-21(26)22-12-7-13-24-16(2)14-17-8-4-5-11-20(17)24/h4-6,8-11,15-16H,3,7,12-14H2,1-2H3,(H2,22,23,26)/t16-/m0/s1. The maximum Gasteiger partial charge on any atom is 0.170 e. The monoisotopic (exact) mass is 369 g/mol. The van der Waals surface area contributed by atoms with Gasteiger partial charge < -0.3 is 20.3 Å². The number of ether oxygens (including phenoxy) is 1. The van der Waals surface area contributed by atoms with Gasteiger partial charge in [-0.3, -0.25) is 0 Å². The Morgan fingerprint density at radius 2 is 2.08 bits per heavy atom. The summed E-state index contributed by atoms with van der Waals surface area (Å²) in [6.45, 7) is 6.82. The zero-order valence-electron chi connectivity index (χ0n) is 15.5. The molecule has 0 aliphatic carbocycles. The van der Waals surface area contributed by atoms with Gasteiger partial charge in [0.05, 0.1) is 6.61 Å². The van der Waals surface area contributed by atoms with E-state index in [1.54, 1.807) is 0 Å². The number of benzene rings is 2. The van der Waals surface area contributed by atoms with Crippen molar-refractivity contribution in [2.45, 2.75) is 32.7 Å². The number of hydrogen-bond donors (Lipinski definition) is 2. The smallest absolute Gasteiger partial charge is 0.170 e. The van der Waals surface area contributed by atoms with Crippen LogP contribution in [0.1, 0.15) is 25.8 Å². The van der Waals surface area contributed by atoms with Gasteiger partial charge in [0.1, 0.15) is 5.75 Å². The Morgan fingerprint density at radius 3 is 2.92 bits per heavy atom. The Kier molecular flexibility index (Phi) is 6.34. The number of nitrogens with one attached hydrogen (secondary N) is 2. The van der Waals surface area contributed by atoms with E-state index in [4.69, 9.17) is 17.0 Å². The summed E-state index contributed by atoms with van der Waals surface area (Å²) >= 11 is 5.40. The quantitative estimate of drug-likeness (QED) is 0.565. The Bertz CT molecular complexity index is 750. The second-order valence-corrected chi connectivity index (χ2v) is 6.98. The van der Waals surface area contributed by atoms with Gasteiger partial charge in [-0.25, -0.2) is 0 Å². The zero-order chi connectivity index (χ0) is 18.4. The highest BCUT2D eigenvalue weighted by Crippen LogP contribution is 2.31. The van der Waals surface area contributed by atoms with Gasteiger partial charge in [0.2, 0.25) is 0 Å². The summed E-state index contributed by atoms with van der Waals surface area (Å²) < 4.78 is 5.51. The summed E-state index contributed by atoms with van der Waals surface area (Å²) in [6, 6.07) is 17.1. The van der Waals surface area contributed by atoms with Crippen molar-refractivity contribution in [3.8, 4) is 5.75 Å². The van der Waals surface area contributed by atoms with E-state index >= 15 is 0 Å². The fourth-order valence-electron chi connectivity index (χ4n) is 3.43. The Hall–Kier alpha value is -2.27. The van der Waals surface area contributed by atoms with Crippen LogP contribution in [-0.4, -0.2) is 30.9 Å². The van der Waals surface area contributed by atoms with Crippen LogP contribution in [0.25, 0.3) is 0 Å². The molecule has 26 heavy (non-hydrogen) atoms. The SMILES string of the molecule is CCOc1cccc(NC(=S)NCCCN2c3ccccc3C[C@@H]2C)c1. The number of rotatable bonds is 7. The van der Waals surface area contributed by atoms with Crippen molar-refractivity contribution in [1.82, 2.24) is 5.32 Å². The van der Waals surface area contributed by atoms with Crippen LogP contribution < -0.4 is 20.3 Å². The third kappa shape index (κ3) is 4.67. The number of para-hydroxylation sites is 1. The molecule has 2 N–H and O–H groups in total. The molecule has 138 valence electrons. The van der Waals surface area contributed by atoms with E-state index in [0.717, 1.165) is 37.4 Å². The second-order valence-electron chi connectivity index (χ2n) is 6.57. The molecule has 0 fully saturated rings. The first kappa shape index (κ1) is 18.5. The van der Waals surface area contributed by atoms with E-state index < -0.39 is 0 Å². The lowest BCUT2D eigenvalue weighted by atomic mass is 10.1. The molecule has 0 saturated heterocycles. The topological polar surface area (TPSA) is 36.5 Å². The van der Waals surface area contributed by atoms with E-state index in [9.17, 15) is 0 Å². The molecule has 0 bridgehead atoms. The van der Waals surface area contributed by atoms with Crippen molar-refractivity contribution in [2.75, 3.05) is 29.9 Å². The largest absolute Gasteiger partial charge is 0.494 e. The lowest BCUT2D eigenvalue weighted by molar-refractivity contribution is 0.340. The lowest BCUT2D eigenvalue weighted by Gasteiger charge is -2.25. The minimum Gasteiger partial charge on any atom is -0.494 e. The van der Waals surface area contributed by atoms with E-state index in [1.807, 2.05) is 31.2 Å². The Morgan fingerprint density at radius 1 is 1.23 bits per heavy atom. The van der Waals surface area contributed by atoms with Crippen LogP contribution in [0.15, 0.2) is 48.5 Å². The fourth-order valence-corrected chi connectivity index (χ4v) is 3.65. The van der Waals surface area contributed by atoms with Crippen molar-refractivity contribution in [1.29, 1.82) is 0 Å². The van der Waals surface area contributed by atoms with Crippen LogP contribution in [0.3, 0.4) is 0 Å². The average molecular weight is 370 g/mol. The number of nitrogens with zero attached hydrogens (tertiary/aromatic N) is 1. The molecule has 5 heteroatoms. The average Bonchev–Trinajstić information content (AvgIpc) is 2.95. The Labute approximate surface area is 161 Å². The summed E-state index contributed by atoms with van der Waals surface area (Å²) in [5, 5.41) is 7.17. The van der Waals surface area contributed by atoms with Crippen molar-refractivity contribution in [2.24, 2.45) is 0 Å². The molecule has 0 amide bonds. The van der Waals surface area contributed by atoms with Gasteiger partial charge in [-0.05, 0) is 62.7 Å². The maximum atomic E-state index is 5.51. The van der Waals surface area contributed by atoms with Crippen molar-refractivity contribution in [3.05, 3.63) is 54.1 Å². The summed E-state index contributed by atoms with van der Waals surface area (Å²) in [5.41, 5.74) is 3.78. The highest BCUT2D eigenvalue weighted by atomic mass is 32.1. The molecule has 0 spiro atoms. The number of anilines is 2. The molecule has 1 atom stereocenters. The van der Waals surface area contributed by atoms with Crippen molar-refractivity contribution >= 4 is 28.7 Å². The highest BCUT2D eigenvalue weighted by molar-refractivity contribution is 7.80. The normalized spacial score (nSPS) is 15.5. The first-order valence-electron chi connectivity index (χ1n) is 9.29. The van der Waals surface area contributed by atoms with Crippen molar-refractivity contribution in [3.63, 3.8) is 0 Å². The molecule has 1 aliphatic heterocycles. The maximum absolute atomic E-state index is 5.51. The van der Waals surface area contributed by atoms with Crippen LogP contribution in [0.2, 0.25) is 0 Å². The minimum atomic E-state index is 0.568. The van der Waals surface area contributed by atoms with Gasteiger partial charge in [0, 0.05) is 36.6 Å². The predicted octanol–water partition coefficient (Wildman–Crippen LogP) is 4.21. The van der Waals surface area contributed by atoms with Gasteiger partial charge in [0.25, 0.3) is 0 Å². The number of fused-ring (bicyclic) bond motifs is 1. The molecule has 3 rings (SSSR count). The molecule has 4 nitrogen and oxygen atoms in total. The third-order valence-corrected chi connectivity index (χ3v) is 4.86. The van der Waals surface area contributed by atoms with E-state index in [2.05, 4.69) is 46.7 Å². The number of hydrogen-bond acceptors (Lipinski definition) is 3. The molecule has 1 aliphatic rings. The van der Waals surface area contributed by atoms with Gasteiger partial charge in [-0.1, -0.05) is 24.3 Å². The van der Waals surface area contributed by atoms with Crippen LogP contribution in [0, 0.1) is 0 Å². The molecule has 0 saturated carbocycles. The molecular formula is C21H27N3OS. The van der Waals surface area contributed by atoms with Crippen LogP contribution in [0.4, 0.5) is 11.4 Å². The van der Waals surface area contributed by atoms with Gasteiger partial charge in [-0.2, -0.15) is 0 Å². The number of thiocarbonyl (C=S) groups is 1. The molecule has 2 aromatic carbocycles. The first-order valence-corrected chi connectivity index (χ1v) is 9.70. The summed E-state index contributed by atoms with van der Waals surface area (Å²) in [5.74, 6) is 0.849. The van der Waals surface area contributed by atoms with Gasteiger partial charge in [0.15, 0.2) is 5.11 Å². The van der Waals surface area contributed by atoms with Gasteiger partial charge >= 0.3 is 0 Å². The van der Waals surface area contributed by atoms with Crippen molar-refractivity contribution < 1.29 is 4.74 Å². The second kappa shape index (κ2) is 8.90. The minimum absolute atomic E-state index is 0.568. The first-order chi connectivity index (χ1) is 12.7. The molecular weight excluding hydrogens is 342 g/mol. The molecule has 0 radical (unpaired) electrons. The van der Waals surface area contributed by atoms with Crippen LogP contribution in [0.5, 0.6) is 5.75 Å². The highest BCUT2D eigenvalue weighted by Gasteiger charge is 2.24. The molecule has 0 aromatic heterocycles. The van der Waals surface area contributed by atoms with E-state index in [1.165, 1.54) is 11.3 Å². The summed E-state index contributed by atoms with van der Waals surface area (Å²) in [4.78, 5) is 2.50. The fraction of sp³-hybridized carbons (Fsp3) is 0.381. The Balaban J connectivity index is 1.42.